The first kappa shape index (κ1) is 11.8. The number of benzene rings is 1. The van der Waals surface area contributed by atoms with Gasteiger partial charge in [-0.3, -0.25) is 0 Å². The average molecular weight is 233 g/mol. The van der Waals surface area contributed by atoms with Gasteiger partial charge in [-0.05, 0) is 36.7 Å². The van der Waals surface area contributed by atoms with Crippen molar-refractivity contribution in [1.29, 1.82) is 0 Å². The lowest BCUT2D eigenvalue weighted by Crippen LogP contribution is -2.05. The monoisotopic (exact) mass is 233 g/mol. The maximum absolute atomic E-state index is 13.5. The maximum atomic E-state index is 13.5. The van der Waals surface area contributed by atoms with Gasteiger partial charge in [0.05, 0.1) is 0 Å². The lowest BCUT2D eigenvalue weighted by molar-refractivity contribution is 0.623. The molecule has 17 heavy (non-hydrogen) atoms. The number of aromatic nitrogens is 2. The normalized spacial score (nSPS) is 10.8. The Morgan fingerprint density at radius 3 is 2.88 bits per heavy atom. The first-order valence-corrected chi connectivity index (χ1v) is 5.76. The molecule has 2 aromatic rings. The summed E-state index contributed by atoms with van der Waals surface area (Å²) in [5.41, 5.74) is 7.22. The Balaban J connectivity index is 2.44. The van der Waals surface area contributed by atoms with Gasteiger partial charge in [0, 0.05) is 24.5 Å². The minimum atomic E-state index is -0.235. The molecular weight excluding hydrogens is 217 g/mol. The molecular formula is C13H16FN3. The summed E-state index contributed by atoms with van der Waals surface area (Å²) >= 11 is 0. The van der Waals surface area contributed by atoms with Crippen LogP contribution in [-0.2, 0) is 12.8 Å². The van der Waals surface area contributed by atoms with Crippen molar-refractivity contribution < 1.29 is 4.39 Å². The smallest absolute Gasteiger partial charge is 0.125 e. The van der Waals surface area contributed by atoms with E-state index in [0.29, 0.717) is 13.0 Å². The Kier molecular flexibility index (Phi) is 3.54. The summed E-state index contributed by atoms with van der Waals surface area (Å²) in [5.74, 6) is 0.691. The highest BCUT2D eigenvalue weighted by molar-refractivity contribution is 5.38. The highest BCUT2D eigenvalue weighted by Gasteiger charge is 2.06. The van der Waals surface area contributed by atoms with Crippen LogP contribution in [-0.4, -0.2) is 16.1 Å². The van der Waals surface area contributed by atoms with Gasteiger partial charge in [0.1, 0.15) is 11.6 Å². The zero-order valence-electron chi connectivity index (χ0n) is 9.86. The number of nitrogens with two attached hydrogens (primary N) is 1. The van der Waals surface area contributed by atoms with Crippen molar-refractivity contribution in [2.45, 2.75) is 19.8 Å². The second kappa shape index (κ2) is 5.10. The molecule has 3 nitrogen and oxygen atoms in total. The molecule has 0 fully saturated rings. The summed E-state index contributed by atoms with van der Waals surface area (Å²) in [4.78, 5) is 4.23. The summed E-state index contributed by atoms with van der Waals surface area (Å²) < 4.78 is 15.4. The number of imidazole rings is 1. The third-order valence-corrected chi connectivity index (χ3v) is 2.69. The summed E-state index contributed by atoms with van der Waals surface area (Å²) in [5, 5.41) is 0. The molecule has 0 aliphatic carbocycles. The fourth-order valence-corrected chi connectivity index (χ4v) is 1.91. The van der Waals surface area contributed by atoms with Gasteiger partial charge in [-0.15, -0.1) is 0 Å². The fraction of sp³-hybridized carbons (Fsp3) is 0.308. The second-order valence-corrected chi connectivity index (χ2v) is 3.92. The van der Waals surface area contributed by atoms with Gasteiger partial charge in [-0.2, -0.15) is 0 Å². The van der Waals surface area contributed by atoms with Gasteiger partial charge in [0.2, 0.25) is 0 Å². The predicted octanol–water partition coefficient (Wildman–Crippen LogP) is 2.08. The van der Waals surface area contributed by atoms with Gasteiger partial charge in [0.25, 0.3) is 0 Å². The van der Waals surface area contributed by atoms with Crippen LogP contribution in [0.25, 0.3) is 5.69 Å². The molecule has 1 heterocycles. The Bertz CT molecular complexity index is 505. The number of nitrogens with zero attached hydrogens (tertiary/aromatic N) is 2. The zero-order chi connectivity index (χ0) is 12.3. The van der Waals surface area contributed by atoms with Crippen LogP contribution in [0.5, 0.6) is 0 Å². The first-order chi connectivity index (χ1) is 8.24. The summed E-state index contributed by atoms with van der Waals surface area (Å²) in [7, 11) is 0. The Labute approximate surface area is 100 Å². The van der Waals surface area contributed by atoms with E-state index in [-0.39, 0.29) is 5.82 Å². The van der Waals surface area contributed by atoms with Gasteiger partial charge in [0.15, 0.2) is 0 Å². The van der Waals surface area contributed by atoms with E-state index in [4.69, 9.17) is 5.73 Å². The number of aryl methyl sites for hydroxylation is 1. The topological polar surface area (TPSA) is 43.8 Å². The molecule has 0 unspecified atom stereocenters. The fourth-order valence-electron chi connectivity index (χ4n) is 1.91. The summed E-state index contributed by atoms with van der Waals surface area (Å²) in [6.07, 6.45) is 5.07. The van der Waals surface area contributed by atoms with Crippen molar-refractivity contribution in [3.8, 4) is 5.69 Å². The minimum absolute atomic E-state index is 0.235. The van der Waals surface area contributed by atoms with E-state index in [9.17, 15) is 4.39 Å². The molecule has 4 heteroatoms. The molecule has 1 aromatic heterocycles. The van der Waals surface area contributed by atoms with Crippen LogP contribution >= 0.6 is 0 Å². The molecule has 0 atom stereocenters. The SMILES string of the molecule is CCc1nccn1-c1cc(F)cc(CCN)c1. The Morgan fingerprint density at radius 2 is 2.18 bits per heavy atom. The van der Waals surface area contributed by atoms with Crippen LogP contribution in [0.3, 0.4) is 0 Å². The molecule has 0 radical (unpaired) electrons. The van der Waals surface area contributed by atoms with Crippen LogP contribution in [0.1, 0.15) is 18.3 Å². The third kappa shape index (κ3) is 2.53. The molecule has 1 aromatic carbocycles. The lowest BCUT2D eigenvalue weighted by atomic mass is 10.1. The van der Waals surface area contributed by atoms with Crippen molar-refractivity contribution in [3.05, 3.63) is 47.8 Å². The quantitative estimate of drug-likeness (QED) is 0.878. The number of rotatable bonds is 4. The molecule has 0 saturated carbocycles. The van der Waals surface area contributed by atoms with E-state index in [1.807, 2.05) is 23.8 Å². The van der Waals surface area contributed by atoms with Gasteiger partial charge >= 0.3 is 0 Å². The molecule has 0 spiro atoms. The van der Waals surface area contributed by atoms with Crippen LogP contribution in [0.4, 0.5) is 4.39 Å². The standard InChI is InChI=1S/C13H16FN3/c1-2-13-16-5-6-17(13)12-8-10(3-4-15)7-11(14)9-12/h5-9H,2-4,15H2,1H3. The van der Waals surface area contributed by atoms with Gasteiger partial charge in [-0.1, -0.05) is 6.92 Å². The lowest BCUT2D eigenvalue weighted by Gasteiger charge is -2.09. The minimum Gasteiger partial charge on any atom is -0.330 e. The van der Waals surface area contributed by atoms with E-state index in [1.54, 1.807) is 6.20 Å². The number of hydrogen-bond acceptors (Lipinski definition) is 2. The van der Waals surface area contributed by atoms with Gasteiger partial charge < -0.3 is 10.3 Å². The number of halogens is 1. The molecule has 0 saturated heterocycles. The third-order valence-electron chi connectivity index (χ3n) is 2.69. The molecule has 0 aliphatic heterocycles. The van der Waals surface area contributed by atoms with E-state index < -0.39 is 0 Å². The molecule has 0 aliphatic rings. The highest BCUT2D eigenvalue weighted by atomic mass is 19.1. The van der Waals surface area contributed by atoms with Crippen LogP contribution in [0, 0.1) is 5.82 Å². The van der Waals surface area contributed by atoms with E-state index in [1.165, 1.54) is 12.1 Å². The summed E-state index contributed by atoms with van der Waals surface area (Å²) in [6, 6.07) is 5.00. The molecule has 90 valence electrons. The zero-order valence-corrected chi connectivity index (χ0v) is 9.86. The van der Waals surface area contributed by atoms with E-state index >= 15 is 0 Å². The molecule has 0 amide bonds. The van der Waals surface area contributed by atoms with Crippen LogP contribution < -0.4 is 5.73 Å². The van der Waals surface area contributed by atoms with E-state index in [2.05, 4.69) is 4.98 Å². The second-order valence-electron chi connectivity index (χ2n) is 3.92. The highest BCUT2D eigenvalue weighted by Crippen LogP contribution is 2.16. The molecule has 2 N–H and O–H groups in total. The Morgan fingerprint density at radius 1 is 1.35 bits per heavy atom. The van der Waals surface area contributed by atoms with Crippen molar-refractivity contribution in [1.82, 2.24) is 9.55 Å². The molecule has 2 rings (SSSR count). The van der Waals surface area contributed by atoms with Crippen molar-refractivity contribution in [2.75, 3.05) is 6.54 Å². The summed E-state index contributed by atoms with van der Waals surface area (Å²) in [6.45, 7) is 2.55. The first-order valence-electron chi connectivity index (χ1n) is 5.76. The Hall–Kier alpha value is -1.68. The number of hydrogen-bond donors (Lipinski definition) is 1. The van der Waals surface area contributed by atoms with Gasteiger partial charge in [-0.25, -0.2) is 9.37 Å². The van der Waals surface area contributed by atoms with Crippen molar-refractivity contribution >= 4 is 0 Å². The largest absolute Gasteiger partial charge is 0.330 e. The van der Waals surface area contributed by atoms with E-state index in [0.717, 1.165) is 23.5 Å². The van der Waals surface area contributed by atoms with Crippen molar-refractivity contribution in [2.24, 2.45) is 5.73 Å². The molecule has 0 bridgehead atoms. The average Bonchev–Trinajstić information content (AvgIpc) is 2.76. The van der Waals surface area contributed by atoms with Crippen LogP contribution in [0.2, 0.25) is 0 Å². The van der Waals surface area contributed by atoms with Crippen LogP contribution in [0.15, 0.2) is 30.6 Å². The maximum Gasteiger partial charge on any atom is 0.125 e. The predicted molar refractivity (Wildman–Crippen MR) is 65.7 cm³/mol. The van der Waals surface area contributed by atoms with Crippen molar-refractivity contribution in [3.63, 3.8) is 0 Å².